The van der Waals surface area contributed by atoms with E-state index in [1.807, 2.05) is 35.3 Å². The largest absolute Gasteiger partial charge is 0.507 e. The minimum atomic E-state index is 0.164. The highest BCUT2D eigenvalue weighted by atomic mass is 16.3. The van der Waals surface area contributed by atoms with E-state index >= 15 is 0 Å². The topological polar surface area (TPSA) is 111 Å². The van der Waals surface area contributed by atoms with Crippen LogP contribution in [0.1, 0.15) is 44.3 Å². The van der Waals surface area contributed by atoms with Crippen LogP contribution < -0.4 is 20.3 Å². The number of phenolic OH excluding ortho intramolecular Hbond substituents is 1. The van der Waals surface area contributed by atoms with Gasteiger partial charge in [0.05, 0.1) is 31.7 Å². The quantitative estimate of drug-likeness (QED) is 0.399. The minimum absolute atomic E-state index is 0.164. The lowest BCUT2D eigenvalue weighted by molar-refractivity contribution is -0.682. The van der Waals surface area contributed by atoms with E-state index in [0.29, 0.717) is 23.0 Å². The molecule has 3 N–H and O–H groups in total. The van der Waals surface area contributed by atoms with E-state index in [0.717, 1.165) is 51.4 Å². The summed E-state index contributed by atoms with van der Waals surface area (Å²) in [5, 5.41) is 20.9. The average Bonchev–Trinajstić information content (AvgIpc) is 3.09. The molecule has 196 valence electrons. The fourth-order valence-corrected chi connectivity index (χ4v) is 5.91. The van der Waals surface area contributed by atoms with Gasteiger partial charge in [0.1, 0.15) is 23.5 Å². The third-order valence-electron chi connectivity index (χ3n) is 7.79. The summed E-state index contributed by atoms with van der Waals surface area (Å²) in [5.41, 5.74) is 7.46. The molecule has 0 saturated carbocycles. The van der Waals surface area contributed by atoms with Gasteiger partial charge in [-0.15, -0.1) is 4.68 Å². The number of phenols is 1. The number of piperazine rings is 1. The zero-order valence-corrected chi connectivity index (χ0v) is 21.6. The number of benzene rings is 1. The highest BCUT2D eigenvalue weighted by molar-refractivity contribution is 5.65. The number of hydrogen-bond acceptors (Lipinski definition) is 9. The Morgan fingerprint density at radius 2 is 1.76 bits per heavy atom. The SMILES string of the molecule is Nc1nnc(-c2ccccc2O)c[n+]1N1CC2CCC(C1)N2c1ccnc(C#CCN2CCCCCC2)n1. The number of fused-ring (bicyclic) bond motifs is 2. The first-order valence-electron chi connectivity index (χ1n) is 13.6. The predicted molar refractivity (Wildman–Crippen MR) is 145 cm³/mol. The van der Waals surface area contributed by atoms with Crippen LogP contribution >= 0.6 is 0 Å². The Hall–Kier alpha value is -3.97. The Kier molecular flexibility index (Phi) is 6.92. The molecule has 3 fully saturated rings. The van der Waals surface area contributed by atoms with Crippen molar-refractivity contribution in [3.63, 3.8) is 0 Å². The van der Waals surface area contributed by atoms with Crippen molar-refractivity contribution in [2.24, 2.45) is 0 Å². The van der Waals surface area contributed by atoms with Gasteiger partial charge in [0.15, 0.2) is 0 Å². The molecule has 3 aromatic rings. The highest BCUT2D eigenvalue weighted by Gasteiger charge is 2.42. The van der Waals surface area contributed by atoms with Crippen LogP contribution in [-0.2, 0) is 0 Å². The lowest BCUT2D eigenvalue weighted by Crippen LogP contribution is -2.69. The monoisotopic (exact) mass is 512 g/mol. The molecular formula is C28H34N9O+. The van der Waals surface area contributed by atoms with Gasteiger partial charge in [0.25, 0.3) is 0 Å². The molecule has 38 heavy (non-hydrogen) atoms. The number of hydrogen-bond donors (Lipinski definition) is 2. The second kappa shape index (κ2) is 10.8. The maximum Gasteiger partial charge on any atom is 0.434 e. The van der Waals surface area contributed by atoms with Crippen LogP contribution in [0.5, 0.6) is 5.75 Å². The van der Waals surface area contributed by atoms with E-state index in [1.54, 1.807) is 12.1 Å². The standard InChI is InChI=1S/C28H33N9O/c29-28-33-32-24(23-8-3-4-9-25(23)38)20-36(28)35-18-21-11-12-22(19-35)37(21)27-13-14-30-26(31-27)10-7-17-34-15-5-1-2-6-16-34/h3-4,8-9,13-14,20-22,29,38H,1-2,5-6,11-12,15-19H2/p+1. The summed E-state index contributed by atoms with van der Waals surface area (Å²) in [6.07, 6.45) is 11.0. The smallest absolute Gasteiger partial charge is 0.434 e. The van der Waals surface area contributed by atoms with Gasteiger partial charge < -0.3 is 10.0 Å². The van der Waals surface area contributed by atoms with Crippen LogP contribution in [-0.4, -0.2) is 75.0 Å². The van der Waals surface area contributed by atoms with Crippen molar-refractivity contribution in [3.05, 3.63) is 48.5 Å². The number of nitrogens with zero attached hydrogens (tertiary/aromatic N) is 8. The molecule has 2 unspecified atom stereocenters. The molecule has 3 aliphatic rings. The third kappa shape index (κ3) is 5.07. The van der Waals surface area contributed by atoms with Crippen molar-refractivity contribution >= 4 is 11.8 Å². The average molecular weight is 513 g/mol. The Balaban J connectivity index is 1.17. The molecule has 6 rings (SSSR count). The molecule has 0 amide bonds. The van der Waals surface area contributed by atoms with Gasteiger partial charge in [0.2, 0.25) is 5.82 Å². The number of nitrogen functional groups attached to an aromatic ring is 1. The Morgan fingerprint density at radius 3 is 2.53 bits per heavy atom. The van der Waals surface area contributed by atoms with E-state index in [2.05, 4.69) is 41.8 Å². The maximum atomic E-state index is 10.3. The number of para-hydroxylation sites is 1. The summed E-state index contributed by atoms with van der Waals surface area (Å²) in [6.45, 7) is 4.59. The van der Waals surface area contributed by atoms with E-state index < -0.39 is 0 Å². The lowest BCUT2D eigenvalue weighted by atomic mass is 10.1. The summed E-state index contributed by atoms with van der Waals surface area (Å²) in [7, 11) is 0. The second-order valence-electron chi connectivity index (χ2n) is 10.3. The van der Waals surface area contributed by atoms with Crippen molar-refractivity contribution in [1.29, 1.82) is 0 Å². The zero-order valence-electron chi connectivity index (χ0n) is 21.6. The predicted octanol–water partition coefficient (Wildman–Crippen LogP) is 1.73. The van der Waals surface area contributed by atoms with Crippen LogP contribution in [0, 0.1) is 11.8 Å². The minimum Gasteiger partial charge on any atom is -0.507 e. The van der Waals surface area contributed by atoms with Gasteiger partial charge in [-0.2, -0.15) is 0 Å². The van der Waals surface area contributed by atoms with E-state index in [4.69, 9.17) is 10.7 Å². The van der Waals surface area contributed by atoms with Gasteiger partial charge in [-0.25, -0.2) is 9.97 Å². The number of anilines is 2. The molecular weight excluding hydrogens is 478 g/mol. The summed E-state index contributed by atoms with van der Waals surface area (Å²) in [4.78, 5) is 14.1. The first-order valence-corrected chi connectivity index (χ1v) is 13.6. The Labute approximate surface area is 223 Å². The van der Waals surface area contributed by atoms with E-state index in [-0.39, 0.29) is 17.8 Å². The van der Waals surface area contributed by atoms with Crippen LogP contribution in [0.3, 0.4) is 0 Å². The molecule has 0 radical (unpaired) electrons. The van der Waals surface area contributed by atoms with Crippen LogP contribution in [0.4, 0.5) is 11.8 Å². The number of aromatic hydroxyl groups is 1. The Bertz CT molecular complexity index is 1330. The Morgan fingerprint density at radius 1 is 1.00 bits per heavy atom. The zero-order chi connectivity index (χ0) is 25.9. The summed E-state index contributed by atoms with van der Waals surface area (Å²) in [5.74, 6) is 8.51. The van der Waals surface area contributed by atoms with Crippen LogP contribution in [0.15, 0.2) is 42.7 Å². The molecule has 3 aliphatic heterocycles. The van der Waals surface area contributed by atoms with Gasteiger partial charge in [-0.05, 0) is 62.9 Å². The summed E-state index contributed by atoms with van der Waals surface area (Å²) >= 11 is 0. The molecule has 0 spiro atoms. The summed E-state index contributed by atoms with van der Waals surface area (Å²) in [6, 6.07) is 9.69. The fourth-order valence-electron chi connectivity index (χ4n) is 5.91. The lowest BCUT2D eigenvalue weighted by Gasteiger charge is -2.41. The molecule has 2 aromatic heterocycles. The number of nitrogens with two attached hydrogens (primary N) is 1. The first kappa shape index (κ1) is 24.4. The second-order valence-corrected chi connectivity index (χ2v) is 10.3. The fraction of sp³-hybridized carbons (Fsp3) is 0.464. The van der Waals surface area contributed by atoms with Crippen LogP contribution in [0.2, 0.25) is 0 Å². The van der Waals surface area contributed by atoms with Gasteiger partial charge in [-0.1, -0.05) is 36.0 Å². The molecule has 10 nitrogen and oxygen atoms in total. The molecule has 0 aliphatic carbocycles. The first-order chi connectivity index (χ1) is 18.7. The molecule has 2 atom stereocenters. The van der Waals surface area contributed by atoms with Crippen molar-refractivity contribution in [2.75, 3.05) is 48.4 Å². The maximum absolute atomic E-state index is 10.3. The number of aromatic nitrogens is 5. The van der Waals surface area contributed by atoms with Crippen LogP contribution in [0.25, 0.3) is 11.3 Å². The molecule has 1 aromatic carbocycles. The van der Waals surface area contributed by atoms with Crippen molar-refractivity contribution < 1.29 is 9.78 Å². The molecule has 10 heteroatoms. The molecule has 3 saturated heterocycles. The van der Waals surface area contributed by atoms with Gasteiger partial charge >= 0.3 is 5.95 Å². The van der Waals surface area contributed by atoms with E-state index in [1.165, 1.54) is 25.7 Å². The van der Waals surface area contributed by atoms with Gasteiger partial charge in [0, 0.05) is 16.9 Å². The third-order valence-corrected chi connectivity index (χ3v) is 7.79. The van der Waals surface area contributed by atoms with Crippen molar-refractivity contribution in [2.45, 2.75) is 50.6 Å². The number of rotatable bonds is 4. The van der Waals surface area contributed by atoms with Crippen molar-refractivity contribution in [3.8, 4) is 28.8 Å². The van der Waals surface area contributed by atoms with Gasteiger partial charge in [-0.3, -0.25) is 15.6 Å². The van der Waals surface area contributed by atoms with E-state index in [9.17, 15) is 5.11 Å². The normalized spacial score (nSPS) is 21.6. The highest BCUT2D eigenvalue weighted by Crippen LogP contribution is 2.33. The van der Waals surface area contributed by atoms with Crippen molar-refractivity contribution in [1.82, 2.24) is 25.1 Å². The summed E-state index contributed by atoms with van der Waals surface area (Å²) < 4.78 is 1.87. The molecule has 5 heterocycles. The number of likely N-dealkylation sites (tertiary alicyclic amines) is 1. The molecule has 2 bridgehead atoms.